The van der Waals surface area contributed by atoms with Gasteiger partial charge in [0.1, 0.15) is 23.3 Å². The van der Waals surface area contributed by atoms with Crippen LogP contribution in [0.15, 0.2) is 18.2 Å². The summed E-state index contributed by atoms with van der Waals surface area (Å²) in [6, 6.07) is 7.72. The Labute approximate surface area is 252 Å². The number of hydrogen-bond donors (Lipinski definition) is 1. The van der Waals surface area contributed by atoms with Crippen molar-refractivity contribution in [2.24, 2.45) is 17.3 Å². The number of hydrogen-bond acceptors (Lipinski definition) is 7. The van der Waals surface area contributed by atoms with Crippen LogP contribution >= 0.6 is 0 Å². The third-order valence-corrected chi connectivity index (χ3v) is 11.2. The van der Waals surface area contributed by atoms with Crippen LogP contribution in [0.4, 0.5) is 0 Å². The Balaban J connectivity index is 0.930. The number of piperidine rings is 2. The van der Waals surface area contributed by atoms with E-state index in [9.17, 15) is 24.4 Å². The molecule has 0 spiro atoms. The molecule has 43 heavy (non-hydrogen) atoms. The Morgan fingerprint density at radius 1 is 0.977 bits per heavy atom. The molecule has 2 aliphatic carbocycles. The molecule has 2 unspecified atom stereocenters. The summed E-state index contributed by atoms with van der Waals surface area (Å²) in [5, 5.41) is 11.9. The van der Waals surface area contributed by atoms with Crippen LogP contribution in [0.3, 0.4) is 0 Å². The first kappa shape index (κ1) is 28.3. The lowest BCUT2D eigenvalue weighted by Crippen LogP contribution is -2.60. The SMILES string of the molecule is N#CC1(C(=O)N2CCC(C3CN([C@H]4CCCCC4Oc4ccc5c(c4)CN(C4CCC(=O)NC4=O)C5=O)C3)CC2)CCC1. The summed E-state index contributed by atoms with van der Waals surface area (Å²) in [6.45, 7) is 4.05. The molecule has 0 radical (unpaired) electrons. The number of fused-ring (bicyclic) bond motifs is 1. The maximum absolute atomic E-state index is 13.1. The van der Waals surface area contributed by atoms with Gasteiger partial charge in [0.2, 0.25) is 17.7 Å². The molecule has 4 aliphatic heterocycles. The van der Waals surface area contributed by atoms with Crippen LogP contribution in [0.25, 0.3) is 0 Å². The van der Waals surface area contributed by atoms with Crippen molar-refractivity contribution >= 4 is 23.6 Å². The van der Waals surface area contributed by atoms with E-state index in [1.54, 1.807) is 4.90 Å². The third-order valence-electron chi connectivity index (χ3n) is 11.2. The van der Waals surface area contributed by atoms with Gasteiger partial charge in [-0.05, 0) is 93.4 Å². The Morgan fingerprint density at radius 2 is 1.74 bits per heavy atom. The standard InChI is InChI=1S/C33H41N5O5/c34-20-33(12-3-13-33)32(42)36-14-10-21(11-15-36)23-17-37(18-23)26-4-1-2-5-28(26)43-24-6-7-25-22(16-24)19-38(31(25)41)27-8-9-29(39)35-30(27)40/h6-7,16,21,23,26-28H,1-5,8-15,17-19H2,(H,35,39,40)/t26-,27?,28?/m0/s1. The second kappa shape index (κ2) is 11.2. The number of nitrogens with zero attached hydrogens (tertiary/aromatic N) is 4. The summed E-state index contributed by atoms with van der Waals surface area (Å²) >= 11 is 0. The van der Waals surface area contributed by atoms with Crippen molar-refractivity contribution in [1.82, 2.24) is 20.0 Å². The molecule has 7 rings (SSSR count). The first-order valence-electron chi connectivity index (χ1n) is 16.2. The van der Waals surface area contributed by atoms with Crippen molar-refractivity contribution in [3.63, 3.8) is 0 Å². The van der Waals surface area contributed by atoms with Crippen LogP contribution in [0, 0.1) is 28.6 Å². The molecule has 228 valence electrons. The predicted molar refractivity (Wildman–Crippen MR) is 155 cm³/mol. The number of carbonyl (C=O) groups is 4. The van der Waals surface area contributed by atoms with Crippen LogP contribution < -0.4 is 10.1 Å². The number of ether oxygens (including phenoxy) is 1. The van der Waals surface area contributed by atoms with Crippen LogP contribution in [0.1, 0.15) is 86.6 Å². The summed E-state index contributed by atoms with van der Waals surface area (Å²) in [6.07, 6.45) is 9.63. The first-order chi connectivity index (χ1) is 20.8. The summed E-state index contributed by atoms with van der Waals surface area (Å²) in [5.74, 6) is 1.27. The van der Waals surface area contributed by atoms with Crippen molar-refractivity contribution in [3.8, 4) is 11.8 Å². The first-order valence-corrected chi connectivity index (χ1v) is 16.2. The van der Waals surface area contributed by atoms with E-state index in [-0.39, 0.29) is 30.2 Å². The second-order valence-electron chi connectivity index (χ2n) is 13.6. The van der Waals surface area contributed by atoms with E-state index in [4.69, 9.17) is 4.74 Å². The number of nitrogens with one attached hydrogen (secondary N) is 1. The Kier molecular flexibility index (Phi) is 7.40. The molecule has 4 amide bonds. The zero-order chi connectivity index (χ0) is 29.7. The summed E-state index contributed by atoms with van der Waals surface area (Å²) in [4.78, 5) is 56.1. The Hall–Kier alpha value is -3.45. The van der Waals surface area contributed by atoms with Crippen molar-refractivity contribution in [1.29, 1.82) is 5.26 Å². The fourth-order valence-corrected chi connectivity index (χ4v) is 8.33. The molecule has 10 heteroatoms. The monoisotopic (exact) mass is 587 g/mol. The van der Waals surface area contributed by atoms with Crippen LogP contribution in [0.5, 0.6) is 5.75 Å². The summed E-state index contributed by atoms with van der Waals surface area (Å²) in [5.41, 5.74) is 0.731. The quantitative estimate of drug-likeness (QED) is 0.508. The molecule has 5 fully saturated rings. The van der Waals surface area contributed by atoms with E-state index >= 15 is 0 Å². The van der Waals surface area contributed by atoms with Crippen molar-refractivity contribution in [2.45, 2.75) is 95.4 Å². The third kappa shape index (κ3) is 5.09. The van der Waals surface area contributed by atoms with E-state index in [1.807, 2.05) is 23.1 Å². The van der Waals surface area contributed by atoms with E-state index in [0.717, 1.165) is 88.9 Å². The zero-order valence-corrected chi connectivity index (χ0v) is 24.8. The molecule has 4 heterocycles. The molecule has 3 atom stereocenters. The van der Waals surface area contributed by atoms with Crippen LogP contribution in [-0.4, -0.2) is 82.7 Å². The average Bonchev–Trinajstić information content (AvgIpc) is 3.28. The minimum Gasteiger partial charge on any atom is -0.489 e. The number of benzene rings is 1. The van der Waals surface area contributed by atoms with E-state index < -0.39 is 17.4 Å². The van der Waals surface area contributed by atoms with E-state index in [0.29, 0.717) is 36.4 Å². The fourth-order valence-electron chi connectivity index (χ4n) is 8.33. The zero-order valence-electron chi connectivity index (χ0n) is 24.8. The average molecular weight is 588 g/mol. The largest absolute Gasteiger partial charge is 0.489 e. The molecule has 6 aliphatic rings. The van der Waals surface area contributed by atoms with E-state index in [2.05, 4.69) is 16.3 Å². The fraction of sp³-hybridized carbons (Fsp3) is 0.667. The lowest BCUT2D eigenvalue weighted by Gasteiger charge is -2.52. The van der Waals surface area contributed by atoms with Gasteiger partial charge in [0.25, 0.3) is 5.91 Å². The maximum Gasteiger partial charge on any atom is 0.255 e. The van der Waals surface area contributed by atoms with Gasteiger partial charge in [-0.15, -0.1) is 0 Å². The van der Waals surface area contributed by atoms with Gasteiger partial charge in [0.15, 0.2) is 0 Å². The maximum atomic E-state index is 13.1. The predicted octanol–water partition coefficient (Wildman–Crippen LogP) is 3.00. The highest BCUT2D eigenvalue weighted by Crippen LogP contribution is 2.43. The van der Waals surface area contributed by atoms with Gasteiger partial charge in [-0.1, -0.05) is 6.42 Å². The lowest BCUT2D eigenvalue weighted by atomic mass is 9.68. The van der Waals surface area contributed by atoms with Gasteiger partial charge >= 0.3 is 0 Å². The highest BCUT2D eigenvalue weighted by molar-refractivity contribution is 6.05. The lowest BCUT2D eigenvalue weighted by molar-refractivity contribution is -0.145. The normalized spacial score (nSPS) is 29.7. The molecule has 1 aromatic rings. The molecule has 10 nitrogen and oxygen atoms in total. The number of amides is 4. The van der Waals surface area contributed by atoms with Gasteiger partial charge in [-0.2, -0.15) is 5.26 Å². The highest BCUT2D eigenvalue weighted by atomic mass is 16.5. The topological polar surface area (TPSA) is 123 Å². The second-order valence-corrected chi connectivity index (χ2v) is 13.6. The molecule has 3 saturated heterocycles. The summed E-state index contributed by atoms with van der Waals surface area (Å²) < 4.78 is 6.62. The number of carbonyl (C=O) groups excluding carboxylic acids is 4. The Bertz CT molecular complexity index is 1350. The number of imide groups is 1. The van der Waals surface area contributed by atoms with Gasteiger partial charge in [0.05, 0.1) is 6.07 Å². The minimum atomic E-state index is -0.739. The van der Waals surface area contributed by atoms with Gasteiger partial charge in [0, 0.05) is 50.7 Å². The molecule has 0 bridgehead atoms. The minimum absolute atomic E-state index is 0.0664. The molecule has 0 aromatic heterocycles. The number of nitriles is 1. The van der Waals surface area contributed by atoms with Crippen molar-refractivity contribution < 1.29 is 23.9 Å². The molecular weight excluding hydrogens is 546 g/mol. The molecular formula is C33H41N5O5. The number of rotatable bonds is 6. The van der Waals surface area contributed by atoms with Gasteiger partial charge < -0.3 is 14.5 Å². The van der Waals surface area contributed by atoms with Gasteiger partial charge in [-0.25, -0.2) is 0 Å². The highest BCUT2D eigenvalue weighted by Gasteiger charge is 2.48. The smallest absolute Gasteiger partial charge is 0.255 e. The number of likely N-dealkylation sites (tertiary alicyclic amines) is 2. The molecule has 1 N–H and O–H groups in total. The van der Waals surface area contributed by atoms with Crippen LogP contribution in [-0.2, 0) is 20.9 Å². The van der Waals surface area contributed by atoms with Crippen molar-refractivity contribution in [3.05, 3.63) is 29.3 Å². The Morgan fingerprint density at radius 3 is 2.44 bits per heavy atom. The molecule has 1 aromatic carbocycles. The van der Waals surface area contributed by atoms with Gasteiger partial charge in [-0.3, -0.25) is 29.4 Å². The summed E-state index contributed by atoms with van der Waals surface area (Å²) in [7, 11) is 0. The van der Waals surface area contributed by atoms with Crippen molar-refractivity contribution in [2.75, 3.05) is 26.2 Å². The van der Waals surface area contributed by atoms with Crippen LogP contribution in [0.2, 0.25) is 0 Å². The molecule has 2 saturated carbocycles. The van der Waals surface area contributed by atoms with E-state index in [1.165, 1.54) is 6.42 Å².